The van der Waals surface area contributed by atoms with E-state index in [-0.39, 0.29) is 6.10 Å². The van der Waals surface area contributed by atoms with Crippen molar-refractivity contribution in [3.05, 3.63) is 0 Å². The summed E-state index contributed by atoms with van der Waals surface area (Å²) in [4.78, 5) is 10.6. The molecule has 1 amide bonds. The summed E-state index contributed by atoms with van der Waals surface area (Å²) in [5.41, 5.74) is 5.01. The lowest BCUT2D eigenvalue weighted by Gasteiger charge is -2.26. The first-order chi connectivity index (χ1) is 4.72. The molecule has 1 aliphatic rings. The number of primary amides is 1. The molecule has 4 nitrogen and oxygen atoms in total. The molecule has 0 bridgehead atoms. The molecule has 0 saturated carbocycles. The number of carbonyl (C=O) groups excluding carboxylic acids is 1. The molecule has 0 aliphatic carbocycles. The van der Waals surface area contributed by atoms with Crippen molar-refractivity contribution in [1.82, 2.24) is 0 Å². The van der Waals surface area contributed by atoms with Gasteiger partial charge in [0.05, 0.1) is 19.3 Å². The Morgan fingerprint density at radius 1 is 1.50 bits per heavy atom. The number of rotatable bonds is 1. The topological polar surface area (TPSA) is 61.6 Å². The van der Waals surface area contributed by atoms with Gasteiger partial charge < -0.3 is 15.2 Å². The summed E-state index contributed by atoms with van der Waals surface area (Å²) in [6.45, 7) is 2.78. The summed E-state index contributed by atoms with van der Waals surface area (Å²) < 4.78 is 10.2. The largest absolute Gasteiger partial charge is 0.373 e. The van der Waals surface area contributed by atoms with Crippen LogP contribution in [0.2, 0.25) is 0 Å². The van der Waals surface area contributed by atoms with Crippen molar-refractivity contribution in [2.75, 3.05) is 13.2 Å². The third kappa shape index (κ3) is 1.46. The van der Waals surface area contributed by atoms with Gasteiger partial charge in [0.15, 0.2) is 6.10 Å². The van der Waals surface area contributed by atoms with Gasteiger partial charge in [0, 0.05) is 0 Å². The predicted octanol–water partition coefficient (Wildman–Crippen LogP) is -0.724. The van der Waals surface area contributed by atoms with E-state index in [0.29, 0.717) is 13.2 Å². The second kappa shape index (κ2) is 2.98. The molecule has 0 aromatic rings. The molecule has 2 atom stereocenters. The third-order valence-electron chi connectivity index (χ3n) is 1.47. The average Bonchev–Trinajstić information content (AvgIpc) is 1.88. The van der Waals surface area contributed by atoms with Gasteiger partial charge in [0.1, 0.15) is 0 Å². The van der Waals surface area contributed by atoms with Crippen LogP contribution in [0, 0.1) is 0 Å². The molecule has 58 valence electrons. The van der Waals surface area contributed by atoms with Gasteiger partial charge in [-0.2, -0.15) is 0 Å². The highest BCUT2D eigenvalue weighted by Crippen LogP contribution is 2.08. The van der Waals surface area contributed by atoms with E-state index in [1.54, 1.807) is 6.92 Å². The molecule has 0 aromatic heterocycles. The Balaban J connectivity index is 2.47. The number of nitrogens with two attached hydrogens (primary N) is 1. The van der Waals surface area contributed by atoms with Crippen LogP contribution in [0.4, 0.5) is 0 Å². The van der Waals surface area contributed by atoms with Crippen LogP contribution in [0.1, 0.15) is 6.92 Å². The smallest absolute Gasteiger partial charge is 0.249 e. The zero-order valence-electron chi connectivity index (χ0n) is 5.87. The summed E-state index contributed by atoms with van der Waals surface area (Å²) in [7, 11) is 0. The van der Waals surface area contributed by atoms with E-state index in [1.807, 2.05) is 0 Å². The van der Waals surface area contributed by atoms with E-state index in [1.165, 1.54) is 0 Å². The first kappa shape index (κ1) is 7.50. The zero-order valence-corrected chi connectivity index (χ0v) is 5.87. The van der Waals surface area contributed by atoms with Gasteiger partial charge >= 0.3 is 0 Å². The van der Waals surface area contributed by atoms with E-state index >= 15 is 0 Å². The standard InChI is InChI=1S/C6H11NO3/c1-4-5(6(7)8)10-3-2-9-4/h4-5H,2-3H2,1H3,(H2,7,8). The molecule has 2 N–H and O–H groups in total. The van der Waals surface area contributed by atoms with E-state index in [0.717, 1.165) is 0 Å². The van der Waals surface area contributed by atoms with Gasteiger partial charge in [0.25, 0.3) is 0 Å². The lowest BCUT2D eigenvalue weighted by Crippen LogP contribution is -2.45. The maximum absolute atomic E-state index is 10.6. The van der Waals surface area contributed by atoms with Gasteiger partial charge in [-0.1, -0.05) is 0 Å². The average molecular weight is 145 g/mol. The second-order valence-corrected chi connectivity index (χ2v) is 2.27. The molecule has 0 radical (unpaired) electrons. The molecule has 0 aromatic carbocycles. The van der Waals surface area contributed by atoms with Crippen molar-refractivity contribution in [1.29, 1.82) is 0 Å². The van der Waals surface area contributed by atoms with Crippen molar-refractivity contribution in [2.45, 2.75) is 19.1 Å². The second-order valence-electron chi connectivity index (χ2n) is 2.27. The molecule has 2 unspecified atom stereocenters. The minimum Gasteiger partial charge on any atom is -0.373 e. The molecular weight excluding hydrogens is 134 g/mol. The van der Waals surface area contributed by atoms with Gasteiger partial charge in [-0.05, 0) is 6.92 Å². The summed E-state index contributed by atoms with van der Waals surface area (Å²) in [6.07, 6.45) is -0.764. The zero-order chi connectivity index (χ0) is 7.56. The van der Waals surface area contributed by atoms with Crippen LogP contribution in [-0.4, -0.2) is 31.3 Å². The van der Waals surface area contributed by atoms with Crippen molar-refractivity contribution < 1.29 is 14.3 Å². The van der Waals surface area contributed by atoms with Crippen molar-refractivity contribution in [3.8, 4) is 0 Å². The Bertz CT molecular complexity index is 137. The molecular formula is C6H11NO3. The monoisotopic (exact) mass is 145 g/mol. The van der Waals surface area contributed by atoms with Crippen molar-refractivity contribution in [3.63, 3.8) is 0 Å². The molecule has 1 fully saturated rings. The molecule has 0 spiro atoms. The highest BCUT2D eigenvalue weighted by atomic mass is 16.6. The number of carbonyl (C=O) groups is 1. The molecule has 1 heterocycles. The summed E-state index contributed by atoms with van der Waals surface area (Å²) in [6, 6.07) is 0. The van der Waals surface area contributed by atoms with Crippen LogP contribution in [-0.2, 0) is 14.3 Å². The minimum absolute atomic E-state index is 0.203. The number of hydrogen-bond donors (Lipinski definition) is 1. The van der Waals surface area contributed by atoms with Gasteiger partial charge in [-0.15, -0.1) is 0 Å². The molecule has 1 aliphatic heterocycles. The Labute approximate surface area is 59.3 Å². The first-order valence-electron chi connectivity index (χ1n) is 3.24. The molecule has 10 heavy (non-hydrogen) atoms. The van der Waals surface area contributed by atoms with Gasteiger partial charge in [-0.25, -0.2) is 0 Å². The SMILES string of the molecule is CC1OCCOC1C(N)=O. The van der Waals surface area contributed by atoms with Crippen molar-refractivity contribution in [2.24, 2.45) is 5.73 Å². The van der Waals surface area contributed by atoms with Crippen LogP contribution >= 0.6 is 0 Å². The van der Waals surface area contributed by atoms with E-state index < -0.39 is 12.0 Å². The molecule has 4 heteroatoms. The maximum Gasteiger partial charge on any atom is 0.249 e. The summed E-state index contributed by atoms with van der Waals surface area (Å²) in [5, 5.41) is 0. The highest BCUT2D eigenvalue weighted by molar-refractivity contribution is 5.79. The maximum atomic E-state index is 10.6. The summed E-state index contributed by atoms with van der Waals surface area (Å²) >= 11 is 0. The van der Waals surface area contributed by atoms with Gasteiger partial charge in [0.2, 0.25) is 5.91 Å². The Morgan fingerprint density at radius 2 is 2.10 bits per heavy atom. The molecule has 1 saturated heterocycles. The van der Waals surface area contributed by atoms with E-state index in [2.05, 4.69) is 0 Å². The third-order valence-corrected chi connectivity index (χ3v) is 1.47. The van der Waals surface area contributed by atoms with Crippen LogP contribution in [0.5, 0.6) is 0 Å². The quantitative estimate of drug-likeness (QED) is 0.529. The minimum atomic E-state index is -0.561. The Kier molecular flexibility index (Phi) is 2.24. The first-order valence-corrected chi connectivity index (χ1v) is 3.24. The Morgan fingerprint density at radius 3 is 2.50 bits per heavy atom. The summed E-state index contributed by atoms with van der Waals surface area (Å²) in [5.74, 6) is -0.452. The molecule has 1 rings (SSSR count). The number of hydrogen-bond acceptors (Lipinski definition) is 3. The predicted molar refractivity (Wildman–Crippen MR) is 34.3 cm³/mol. The van der Waals surface area contributed by atoms with Crippen LogP contribution in [0.15, 0.2) is 0 Å². The van der Waals surface area contributed by atoms with E-state index in [4.69, 9.17) is 15.2 Å². The fraction of sp³-hybridized carbons (Fsp3) is 0.833. The van der Waals surface area contributed by atoms with E-state index in [9.17, 15) is 4.79 Å². The lowest BCUT2D eigenvalue weighted by molar-refractivity contribution is -0.159. The van der Waals surface area contributed by atoms with Crippen LogP contribution < -0.4 is 5.73 Å². The van der Waals surface area contributed by atoms with Crippen LogP contribution in [0.3, 0.4) is 0 Å². The fourth-order valence-corrected chi connectivity index (χ4v) is 0.945. The van der Waals surface area contributed by atoms with Gasteiger partial charge in [-0.3, -0.25) is 4.79 Å². The fourth-order valence-electron chi connectivity index (χ4n) is 0.945. The van der Waals surface area contributed by atoms with Crippen LogP contribution in [0.25, 0.3) is 0 Å². The number of amides is 1. The Hall–Kier alpha value is -0.610. The lowest BCUT2D eigenvalue weighted by atomic mass is 10.2. The highest BCUT2D eigenvalue weighted by Gasteiger charge is 2.27. The number of ether oxygens (including phenoxy) is 2. The van der Waals surface area contributed by atoms with Crippen molar-refractivity contribution >= 4 is 5.91 Å². The normalized spacial score (nSPS) is 33.7.